The molecule has 2 aromatic heterocycles. The molecule has 0 radical (unpaired) electrons. The number of nitrogens with zero attached hydrogens (tertiary/aromatic N) is 3. The zero-order chi connectivity index (χ0) is 14.2. The van der Waals surface area contributed by atoms with Crippen LogP contribution in [0.5, 0.6) is 0 Å². The maximum atomic E-state index is 11.2. The first-order valence-electron chi connectivity index (χ1n) is 5.86. The molecule has 0 unspecified atom stereocenters. The second kappa shape index (κ2) is 4.88. The molecule has 0 amide bonds. The van der Waals surface area contributed by atoms with Crippen LogP contribution in [-0.4, -0.2) is 23.0 Å². The van der Waals surface area contributed by atoms with E-state index in [1.54, 1.807) is 12.1 Å². The Labute approximate surface area is 120 Å². The largest absolute Gasteiger partial charge is 0.286 e. The van der Waals surface area contributed by atoms with E-state index in [0.717, 1.165) is 17.0 Å². The molecule has 2 heterocycles. The smallest absolute Gasteiger partial charge is 0.261 e. The minimum atomic E-state index is -3.68. The molecule has 0 fully saturated rings. The first-order chi connectivity index (χ1) is 9.54. The van der Waals surface area contributed by atoms with E-state index in [1.165, 1.54) is 12.1 Å². The Kier molecular flexibility index (Phi) is 3.19. The quantitative estimate of drug-likeness (QED) is 0.696. The van der Waals surface area contributed by atoms with E-state index in [0.29, 0.717) is 6.42 Å². The fourth-order valence-corrected chi connectivity index (χ4v) is 2.73. The molecule has 5 nitrogen and oxygen atoms in total. The van der Waals surface area contributed by atoms with Gasteiger partial charge in [-0.15, -0.1) is 10.2 Å². The zero-order valence-corrected chi connectivity index (χ0v) is 11.8. The van der Waals surface area contributed by atoms with Crippen LogP contribution in [0.1, 0.15) is 11.4 Å². The number of rotatable bonds is 3. The van der Waals surface area contributed by atoms with Crippen LogP contribution < -0.4 is 0 Å². The van der Waals surface area contributed by atoms with E-state index in [1.807, 2.05) is 28.8 Å². The van der Waals surface area contributed by atoms with Crippen LogP contribution in [0.2, 0.25) is 0 Å². The molecule has 0 saturated carbocycles. The predicted molar refractivity (Wildman–Crippen MR) is 75.3 cm³/mol. The highest BCUT2D eigenvalue weighted by molar-refractivity contribution is 8.13. The Hall–Kier alpha value is -1.92. The fraction of sp³-hybridized carbons (Fsp3) is 0.0769. The monoisotopic (exact) mass is 307 g/mol. The lowest BCUT2D eigenvalue weighted by molar-refractivity contribution is 0.609. The van der Waals surface area contributed by atoms with Crippen LogP contribution in [0.25, 0.3) is 5.65 Å². The standard InChI is InChI=1S/C13H10ClN3O2S/c14-20(18,19)11-6-4-10(5-7-11)9-13-16-15-12-3-1-2-8-17(12)13/h1-8H,9H2. The molecule has 7 heteroatoms. The zero-order valence-electron chi connectivity index (χ0n) is 10.3. The van der Waals surface area contributed by atoms with Gasteiger partial charge in [0.2, 0.25) is 0 Å². The fourth-order valence-electron chi connectivity index (χ4n) is 1.96. The molecule has 0 bridgehead atoms. The Morgan fingerprint density at radius 2 is 1.80 bits per heavy atom. The lowest BCUT2D eigenvalue weighted by Gasteiger charge is -2.01. The Bertz CT molecular complexity index is 857. The van der Waals surface area contributed by atoms with Gasteiger partial charge in [-0.3, -0.25) is 4.40 Å². The van der Waals surface area contributed by atoms with Crippen molar-refractivity contribution in [3.8, 4) is 0 Å². The number of halogens is 1. The number of benzene rings is 1. The van der Waals surface area contributed by atoms with Gasteiger partial charge in [0, 0.05) is 23.3 Å². The average Bonchev–Trinajstić information content (AvgIpc) is 2.82. The molecule has 3 aromatic rings. The van der Waals surface area contributed by atoms with Gasteiger partial charge in [-0.05, 0) is 29.8 Å². The van der Waals surface area contributed by atoms with Crippen molar-refractivity contribution in [1.82, 2.24) is 14.6 Å². The van der Waals surface area contributed by atoms with Gasteiger partial charge in [0.15, 0.2) is 5.65 Å². The summed E-state index contributed by atoms with van der Waals surface area (Å²) in [5, 5.41) is 8.20. The summed E-state index contributed by atoms with van der Waals surface area (Å²) < 4.78 is 24.2. The third kappa shape index (κ3) is 2.52. The van der Waals surface area contributed by atoms with Crippen LogP contribution in [0.4, 0.5) is 0 Å². The summed E-state index contributed by atoms with van der Waals surface area (Å²) >= 11 is 0. The Balaban J connectivity index is 1.92. The second-order valence-corrected chi connectivity index (χ2v) is 6.87. The van der Waals surface area contributed by atoms with Gasteiger partial charge in [0.05, 0.1) is 4.90 Å². The van der Waals surface area contributed by atoms with Gasteiger partial charge in [0.25, 0.3) is 9.05 Å². The van der Waals surface area contributed by atoms with E-state index in [9.17, 15) is 8.42 Å². The van der Waals surface area contributed by atoms with Crippen LogP contribution in [-0.2, 0) is 15.5 Å². The lowest BCUT2D eigenvalue weighted by Crippen LogP contribution is -1.97. The SMILES string of the molecule is O=S(=O)(Cl)c1ccc(Cc2nnc3ccccn23)cc1. The minimum Gasteiger partial charge on any atom is -0.286 e. The molecule has 0 spiro atoms. The van der Waals surface area contributed by atoms with Crippen LogP contribution in [0.3, 0.4) is 0 Å². The molecule has 1 aromatic carbocycles. The van der Waals surface area contributed by atoms with Crippen molar-refractivity contribution in [2.24, 2.45) is 0 Å². The minimum absolute atomic E-state index is 0.0917. The maximum absolute atomic E-state index is 11.2. The summed E-state index contributed by atoms with van der Waals surface area (Å²) in [6.07, 6.45) is 2.45. The highest BCUT2D eigenvalue weighted by atomic mass is 35.7. The molecule has 20 heavy (non-hydrogen) atoms. The second-order valence-electron chi connectivity index (χ2n) is 4.30. The van der Waals surface area contributed by atoms with Crippen molar-refractivity contribution in [3.05, 3.63) is 60.0 Å². The molecule has 0 aliphatic rings. The normalized spacial score (nSPS) is 11.8. The van der Waals surface area contributed by atoms with Crippen molar-refractivity contribution in [2.75, 3.05) is 0 Å². The number of fused-ring (bicyclic) bond motifs is 1. The Morgan fingerprint density at radius 3 is 2.50 bits per heavy atom. The van der Waals surface area contributed by atoms with Gasteiger partial charge < -0.3 is 0 Å². The lowest BCUT2D eigenvalue weighted by atomic mass is 10.1. The highest BCUT2D eigenvalue weighted by Crippen LogP contribution is 2.17. The Morgan fingerprint density at radius 1 is 1.05 bits per heavy atom. The van der Waals surface area contributed by atoms with Crippen molar-refractivity contribution in [2.45, 2.75) is 11.3 Å². The summed E-state index contributed by atoms with van der Waals surface area (Å²) in [6.45, 7) is 0. The summed E-state index contributed by atoms with van der Waals surface area (Å²) in [5.41, 5.74) is 1.72. The molecule has 0 atom stereocenters. The van der Waals surface area contributed by atoms with Gasteiger partial charge in [-0.2, -0.15) is 0 Å². The number of hydrogen-bond donors (Lipinski definition) is 0. The summed E-state index contributed by atoms with van der Waals surface area (Å²) in [4.78, 5) is 0.0917. The van der Waals surface area contributed by atoms with E-state index in [-0.39, 0.29) is 4.90 Å². The number of hydrogen-bond acceptors (Lipinski definition) is 4. The van der Waals surface area contributed by atoms with Gasteiger partial charge in [0.1, 0.15) is 5.82 Å². The van der Waals surface area contributed by atoms with Crippen molar-refractivity contribution in [3.63, 3.8) is 0 Å². The van der Waals surface area contributed by atoms with E-state index < -0.39 is 9.05 Å². The summed E-state index contributed by atoms with van der Waals surface area (Å²) in [5.74, 6) is 0.794. The molecule has 0 aliphatic heterocycles. The first kappa shape index (κ1) is 13.1. The predicted octanol–water partition coefficient (Wildman–Crippen LogP) is 2.25. The van der Waals surface area contributed by atoms with Gasteiger partial charge in [-0.25, -0.2) is 8.42 Å². The van der Waals surface area contributed by atoms with Crippen molar-refractivity contribution in [1.29, 1.82) is 0 Å². The summed E-state index contributed by atoms with van der Waals surface area (Å²) in [7, 11) is 1.60. The maximum Gasteiger partial charge on any atom is 0.261 e. The third-order valence-electron chi connectivity index (χ3n) is 2.95. The average molecular weight is 308 g/mol. The van der Waals surface area contributed by atoms with Crippen LogP contribution >= 0.6 is 10.7 Å². The van der Waals surface area contributed by atoms with E-state index in [2.05, 4.69) is 10.2 Å². The molecule has 102 valence electrons. The molecular weight excluding hydrogens is 298 g/mol. The van der Waals surface area contributed by atoms with Crippen LogP contribution in [0.15, 0.2) is 53.6 Å². The summed E-state index contributed by atoms with van der Waals surface area (Å²) in [6, 6.07) is 12.1. The van der Waals surface area contributed by atoms with Gasteiger partial charge >= 0.3 is 0 Å². The molecule has 0 aliphatic carbocycles. The first-order valence-corrected chi connectivity index (χ1v) is 8.17. The molecule has 0 saturated heterocycles. The highest BCUT2D eigenvalue weighted by Gasteiger charge is 2.10. The number of aromatic nitrogens is 3. The molecule has 0 N–H and O–H groups in total. The molecular formula is C13H10ClN3O2S. The van der Waals surface area contributed by atoms with E-state index in [4.69, 9.17) is 10.7 Å². The molecule has 3 rings (SSSR count). The van der Waals surface area contributed by atoms with Crippen LogP contribution in [0, 0.1) is 0 Å². The topological polar surface area (TPSA) is 64.3 Å². The van der Waals surface area contributed by atoms with Crippen molar-refractivity contribution >= 4 is 25.4 Å². The third-order valence-corrected chi connectivity index (χ3v) is 4.32. The van der Waals surface area contributed by atoms with Crippen molar-refractivity contribution < 1.29 is 8.42 Å². The van der Waals surface area contributed by atoms with E-state index >= 15 is 0 Å². The van der Waals surface area contributed by atoms with Gasteiger partial charge in [-0.1, -0.05) is 18.2 Å². The number of pyridine rings is 1.